The van der Waals surface area contributed by atoms with Crippen LogP contribution < -0.4 is 10.2 Å². The minimum absolute atomic E-state index is 0.00115. The molecule has 0 bridgehead atoms. The minimum Gasteiger partial charge on any atom is -0.326 e. The molecule has 0 unspecified atom stereocenters. The first-order chi connectivity index (χ1) is 14.2. The van der Waals surface area contributed by atoms with Gasteiger partial charge in [0.25, 0.3) is 5.91 Å². The van der Waals surface area contributed by atoms with E-state index in [0.29, 0.717) is 18.5 Å². The predicted octanol–water partition coefficient (Wildman–Crippen LogP) is 4.25. The molecule has 0 radical (unpaired) electrons. The summed E-state index contributed by atoms with van der Waals surface area (Å²) < 4.78 is 0. The molecule has 6 heteroatoms. The first-order valence-electron chi connectivity index (χ1n) is 10.4. The molecule has 2 aromatic rings. The number of nitrogens with zero attached hydrogens (tertiary/aromatic N) is 2. The van der Waals surface area contributed by atoms with E-state index >= 15 is 0 Å². The molecule has 2 amide bonds. The Bertz CT molecular complexity index is 866. The Morgan fingerprint density at radius 2 is 1.79 bits per heavy atom. The molecule has 0 saturated carbocycles. The van der Waals surface area contributed by atoms with Crippen molar-refractivity contribution < 1.29 is 9.59 Å². The fraction of sp³-hybridized carbons (Fsp3) is 0.391. The second-order valence-corrected chi connectivity index (χ2v) is 8.69. The Balaban J connectivity index is 1.41. The number of amides is 2. The van der Waals surface area contributed by atoms with Crippen molar-refractivity contribution in [1.29, 1.82) is 0 Å². The van der Waals surface area contributed by atoms with Gasteiger partial charge in [-0.1, -0.05) is 18.2 Å². The van der Waals surface area contributed by atoms with E-state index < -0.39 is 0 Å². The van der Waals surface area contributed by atoms with Gasteiger partial charge in [-0.25, -0.2) is 0 Å². The van der Waals surface area contributed by atoms with Gasteiger partial charge in [0, 0.05) is 34.9 Å². The van der Waals surface area contributed by atoms with Gasteiger partial charge < -0.3 is 15.1 Å². The molecular weight excluding hydrogens is 382 g/mol. The fourth-order valence-corrected chi connectivity index (χ4v) is 4.91. The second kappa shape index (κ2) is 9.46. The first-order valence-corrected chi connectivity index (χ1v) is 11.4. The van der Waals surface area contributed by atoms with Crippen molar-refractivity contribution in [3.05, 3.63) is 54.1 Å². The highest BCUT2D eigenvalue weighted by Crippen LogP contribution is 2.37. The molecule has 152 valence electrons. The average molecular weight is 410 g/mol. The lowest BCUT2D eigenvalue weighted by molar-refractivity contribution is -0.116. The molecule has 2 aliphatic rings. The predicted molar refractivity (Wildman–Crippen MR) is 119 cm³/mol. The summed E-state index contributed by atoms with van der Waals surface area (Å²) >= 11 is 1.75. The zero-order chi connectivity index (χ0) is 20.1. The Kier molecular flexibility index (Phi) is 6.52. The lowest BCUT2D eigenvalue weighted by Crippen LogP contribution is -2.35. The van der Waals surface area contributed by atoms with Gasteiger partial charge in [0.1, 0.15) is 0 Å². The number of fused-ring (bicyclic) bond motifs is 1. The van der Waals surface area contributed by atoms with Crippen molar-refractivity contribution in [2.24, 2.45) is 0 Å². The van der Waals surface area contributed by atoms with E-state index in [4.69, 9.17) is 0 Å². The van der Waals surface area contributed by atoms with Gasteiger partial charge in [-0.05, 0) is 69.2 Å². The zero-order valence-corrected chi connectivity index (χ0v) is 17.4. The lowest BCUT2D eigenvalue weighted by Gasteiger charge is -2.29. The van der Waals surface area contributed by atoms with Crippen LogP contribution in [0.2, 0.25) is 0 Å². The van der Waals surface area contributed by atoms with Gasteiger partial charge in [0.05, 0.1) is 5.69 Å². The molecule has 1 fully saturated rings. The van der Waals surface area contributed by atoms with Crippen molar-refractivity contribution in [3.8, 4) is 0 Å². The lowest BCUT2D eigenvalue weighted by atomic mass is 10.1. The Labute approximate surface area is 176 Å². The number of hydrogen-bond donors (Lipinski definition) is 1. The van der Waals surface area contributed by atoms with Crippen LogP contribution in [-0.4, -0.2) is 48.6 Å². The summed E-state index contributed by atoms with van der Waals surface area (Å²) in [4.78, 5) is 30.7. The van der Waals surface area contributed by atoms with Crippen LogP contribution in [0.15, 0.2) is 53.4 Å². The Hall–Kier alpha value is -2.31. The van der Waals surface area contributed by atoms with Gasteiger partial charge in [-0.15, -0.1) is 11.8 Å². The summed E-state index contributed by atoms with van der Waals surface area (Å²) in [6, 6.07) is 15.2. The maximum absolute atomic E-state index is 13.0. The number of hydrogen-bond acceptors (Lipinski definition) is 4. The molecule has 2 aliphatic heterocycles. The standard InChI is InChI=1S/C23H27N3O2S/c27-22(9-6-14-25-12-4-5-13-25)24-19-10-11-21-20(17-19)26(15-16-29-21)23(28)18-7-2-1-3-8-18/h1-3,7-8,10-11,17H,4-6,9,12-16H2,(H,24,27). The highest BCUT2D eigenvalue weighted by Gasteiger charge is 2.24. The maximum Gasteiger partial charge on any atom is 0.258 e. The van der Waals surface area contributed by atoms with E-state index in [0.717, 1.165) is 48.1 Å². The van der Waals surface area contributed by atoms with E-state index in [2.05, 4.69) is 10.2 Å². The third-order valence-electron chi connectivity index (χ3n) is 5.45. The second-order valence-electron chi connectivity index (χ2n) is 7.55. The molecule has 1 saturated heterocycles. The highest BCUT2D eigenvalue weighted by molar-refractivity contribution is 7.99. The molecule has 0 atom stereocenters. The third-order valence-corrected chi connectivity index (χ3v) is 6.49. The van der Waals surface area contributed by atoms with Crippen LogP contribution >= 0.6 is 11.8 Å². The van der Waals surface area contributed by atoms with Gasteiger partial charge in [-0.3, -0.25) is 9.59 Å². The van der Waals surface area contributed by atoms with Gasteiger partial charge in [0.2, 0.25) is 5.91 Å². The SMILES string of the molecule is O=C(CCCN1CCCC1)Nc1ccc2c(c1)N(C(=O)c1ccccc1)CCS2. The summed E-state index contributed by atoms with van der Waals surface area (Å²) in [6.45, 7) is 3.98. The van der Waals surface area contributed by atoms with Crippen LogP contribution in [0.3, 0.4) is 0 Å². The molecule has 1 N–H and O–H groups in total. The van der Waals surface area contributed by atoms with Crippen molar-refractivity contribution in [1.82, 2.24) is 4.90 Å². The third kappa shape index (κ3) is 5.00. The summed E-state index contributed by atoms with van der Waals surface area (Å²) in [5.74, 6) is 0.906. The summed E-state index contributed by atoms with van der Waals surface area (Å²) in [5.41, 5.74) is 2.31. The van der Waals surface area contributed by atoms with Gasteiger partial charge >= 0.3 is 0 Å². The van der Waals surface area contributed by atoms with Crippen LogP contribution in [0, 0.1) is 0 Å². The number of carbonyl (C=O) groups excluding carboxylic acids is 2. The van der Waals surface area contributed by atoms with E-state index in [1.54, 1.807) is 11.8 Å². The molecule has 2 heterocycles. The molecule has 5 nitrogen and oxygen atoms in total. The topological polar surface area (TPSA) is 52.7 Å². The Morgan fingerprint density at radius 3 is 2.59 bits per heavy atom. The normalized spacial score (nSPS) is 16.5. The van der Waals surface area contributed by atoms with Crippen LogP contribution in [0.4, 0.5) is 11.4 Å². The van der Waals surface area contributed by atoms with Crippen LogP contribution in [0.25, 0.3) is 0 Å². The fourth-order valence-electron chi connectivity index (χ4n) is 3.94. The smallest absolute Gasteiger partial charge is 0.258 e. The number of nitrogens with one attached hydrogen (secondary N) is 1. The van der Waals surface area contributed by atoms with Crippen molar-refractivity contribution in [2.45, 2.75) is 30.6 Å². The Morgan fingerprint density at radius 1 is 1.00 bits per heavy atom. The van der Waals surface area contributed by atoms with Crippen molar-refractivity contribution >= 4 is 35.0 Å². The molecule has 0 aromatic heterocycles. The minimum atomic E-state index is 0.00115. The summed E-state index contributed by atoms with van der Waals surface area (Å²) in [5, 5.41) is 3.01. The van der Waals surface area contributed by atoms with Crippen molar-refractivity contribution in [2.75, 3.05) is 42.1 Å². The van der Waals surface area contributed by atoms with Crippen LogP contribution in [0.1, 0.15) is 36.0 Å². The number of carbonyl (C=O) groups is 2. The first kappa shape index (κ1) is 20.0. The average Bonchev–Trinajstić information content (AvgIpc) is 3.27. The number of likely N-dealkylation sites (tertiary alicyclic amines) is 1. The molecular formula is C23H27N3O2S. The molecule has 0 aliphatic carbocycles. The molecule has 0 spiro atoms. The number of benzene rings is 2. The molecule has 4 rings (SSSR count). The van der Waals surface area contributed by atoms with E-state index in [1.165, 1.54) is 12.8 Å². The van der Waals surface area contributed by atoms with Crippen LogP contribution in [0.5, 0.6) is 0 Å². The van der Waals surface area contributed by atoms with Gasteiger partial charge in [-0.2, -0.15) is 0 Å². The van der Waals surface area contributed by atoms with E-state index in [9.17, 15) is 9.59 Å². The number of rotatable bonds is 6. The van der Waals surface area contributed by atoms with E-state index in [-0.39, 0.29) is 11.8 Å². The van der Waals surface area contributed by atoms with Gasteiger partial charge in [0.15, 0.2) is 0 Å². The zero-order valence-electron chi connectivity index (χ0n) is 16.6. The highest BCUT2D eigenvalue weighted by atomic mass is 32.2. The summed E-state index contributed by atoms with van der Waals surface area (Å²) in [7, 11) is 0. The largest absolute Gasteiger partial charge is 0.326 e. The monoisotopic (exact) mass is 409 g/mol. The maximum atomic E-state index is 13.0. The van der Waals surface area contributed by atoms with Crippen molar-refractivity contribution in [3.63, 3.8) is 0 Å². The quantitative estimate of drug-likeness (QED) is 0.775. The molecule has 2 aromatic carbocycles. The van der Waals surface area contributed by atoms with E-state index in [1.807, 2.05) is 53.4 Å². The summed E-state index contributed by atoms with van der Waals surface area (Å²) in [6.07, 6.45) is 3.95. The molecule has 29 heavy (non-hydrogen) atoms. The van der Waals surface area contributed by atoms with Crippen LogP contribution in [-0.2, 0) is 4.79 Å². The number of anilines is 2. The number of thioether (sulfide) groups is 1.